The van der Waals surface area contributed by atoms with Gasteiger partial charge in [-0.05, 0) is 18.2 Å². The van der Waals surface area contributed by atoms with Gasteiger partial charge in [-0.25, -0.2) is 0 Å². The summed E-state index contributed by atoms with van der Waals surface area (Å²) in [5.41, 5.74) is 7.51. The van der Waals surface area contributed by atoms with Crippen LogP contribution in [-0.2, 0) is 0 Å². The molecular formula is C6H5ClN. The second kappa shape index (κ2) is 2.05. The Morgan fingerprint density at radius 1 is 1.38 bits per heavy atom. The Bertz CT molecular complexity index is 168. The molecule has 1 aromatic rings. The van der Waals surface area contributed by atoms with Gasteiger partial charge in [0.15, 0.2) is 0 Å². The van der Waals surface area contributed by atoms with E-state index in [0.29, 0.717) is 10.7 Å². The maximum Gasteiger partial charge on any atom is 0.0554 e. The Kier molecular flexibility index (Phi) is 1.40. The van der Waals surface area contributed by atoms with E-state index in [1.54, 1.807) is 24.3 Å². The molecule has 1 rings (SSSR count). The van der Waals surface area contributed by atoms with Crippen LogP contribution in [0.5, 0.6) is 0 Å². The maximum absolute atomic E-state index is 7.05. The van der Waals surface area contributed by atoms with Crippen molar-refractivity contribution in [3.8, 4) is 0 Å². The van der Waals surface area contributed by atoms with Crippen molar-refractivity contribution in [1.82, 2.24) is 5.73 Å². The van der Waals surface area contributed by atoms with Crippen molar-refractivity contribution >= 4 is 17.3 Å². The molecule has 0 aromatic heterocycles. The lowest BCUT2D eigenvalue weighted by Gasteiger charge is -1.87. The molecule has 1 radical (unpaired) electrons. The Morgan fingerprint density at radius 2 is 2.12 bits per heavy atom. The van der Waals surface area contributed by atoms with Crippen molar-refractivity contribution in [3.05, 3.63) is 29.3 Å². The van der Waals surface area contributed by atoms with Gasteiger partial charge in [0.25, 0.3) is 0 Å². The third-order valence-electron chi connectivity index (χ3n) is 0.825. The van der Waals surface area contributed by atoms with E-state index < -0.39 is 0 Å². The number of benzene rings is 1. The lowest BCUT2D eigenvalue weighted by molar-refractivity contribution is 1.49. The highest BCUT2D eigenvalue weighted by Crippen LogP contribution is 2.11. The van der Waals surface area contributed by atoms with Gasteiger partial charge in [-0.1, -0.05) is 17.7 Å². The van der Waals surface area contributed by atoms with E-state index in [4.69, 9.17) is 17.3 Å². The second-order valence-corrected chi connectivity index (χ2v) is 1.95. The molecule has 0 aliphatic rings. The summed E-state index contributed by atoms with van der Waals surface area (Å²) in [6, 6.07) is 6.79. The number of halogens is 1. The molecule has 0 atom stereocenters. The molecule has 8 heavy (non-hydrogen) atoms. The van der Waals surface area contributed by atoms with E-state index in [9.17, 15) is 0 Å². The first-order chi connectivity index (χ1) is 3.79. The van der Waals surface area contributed by atoms with Crippen LogP contribution in [0.1, 0.15) is 0 Å². The van der Waals surface area contributed by atoms with Crippen molar-refractivity contribution in [2.24, 2.45) is 0 Å². The summed E-state index contributed by atoms with van der Waals surface area (Å²) in [6.07, 6.45) is 0. The summed E-state index contributed by atoms with van der Waals surface area (Å²) in [5, 5.41) is 0.623. The van der Waals surface area contributed by atoms with Crippen molar-refractivity contribution in [2.45, 2.75) is 0 Å². The van der Waals surface area contributed by atoms with E-state index in [1.807, 2.05) is 0 Å². The van der Waals surface area contributed by atoms with Crippen LogP contribution in [-0.4, -0.2) is 0 Å². The zero-order chi connectivity index (χ0) is 5.98. The van der Waals surface area contributed by atoms with Crippen LogP contribution >= 0.6 is 11.6 Å². The van der Waals surface area contributed by atoms with E-state index in [0.717, 1.165) is 0 Å². The number of nitrogens with one attached hydrogen (secondary N) is 1. The maximum atomic E-state index is 7.05. The summed E-state index contributed by atoms with van der Waals surface area (Å²) in [4.78, 5) is 0. The largest absolute Gasteiger partial charge is 0.301 e. The Labute approximate surface area is 53.1 Å². The lowest BCUT2D eigenvalue weighted by Crippen LogP contribution is -1.65. The number of hydrogen-bond donors (Lipinski definition) is 0. The van der Waals surface area contributed by atoms with Gasteiger partial charge in [-0.2, -0.15) is 0 Å². The summed E-state index contributed by atoms with van der Waals surface area (Å²) >= 11 is 5.52. The number of hydrogen-bond acceptors (Lipinski definition) is 0. The first kappa shape index (κ1) is 5.45. The van der Waals surface area contributed by atoms with Gasteiger partial charge in [0.1, 0.15) is 0 Å². The van der Waals surface area contributed by atoms with E-state index in [-0.39, 0.29) is 0 Å². The van der Waals surface area contributed by atoms with Gasteiger partial charge in [0, 0.05) is 5.02 Å². The Balaban J connectivity index is 3.08. The van der Waals surface area contributed by atoms with Gasteiger partial charge < -0.3 is 5.73 Å². The number of rotatable bonds is 0. The van der Waals surface area contributed by atoms with Gasteiger partial charge in [-0.3, -0.25) is 0 Å². The summed E-state index contributed by atoms with van der Waals surface area (Å²) in [5.74, 6) is 0. The van der Waals surface area contributed by atoms with Crippen LogP contribution in [0.3, 0.4) is 0 Å². The molecule has 0 fully saturated rings. The van der Waals surface area contributed by atoms with E-state index in [2.05, 4.69) is 0 Å². The van der Waals surface area contributed by atoms with Crippen LogP contribution in [0.4, 0.5) is 5.69 Å². The Morgan fingerprint density at radius 3 is 2.50 bits per heavy atom. The van der Waals surface area contributed by atoms with Gasteiger partial charge in [0.2, 0.25) is 0 Å². The van der Waals surface area contributed by atoms with Gasteiger partial charge in [-0.15, -0.1) is 0 Å². The topological polar surface area (TPSA) is 23.8 Å². The molecule has 0 aliphatic heterocycles. The molecule has 0 bridgehead atoms. The summed E-state index contributed by atoms with van der Waals surface area (Å²) < 4.78 is 0. The smallest absolute Gasteiger partial charge is 0.0554 e. The highest BCUT2D eigenvalue weighted by Gasteiger charge is 1.84. The third kappa shape index (κ3) is 1.14. The summed E-state index contributed by atoms with van der Waals surface area (Å²) in [7, 11) is 0. The molecule has 1 N–H and O–H groups in total. The molecule has 0 saturated carbocycles. The van der Waals surface area contributed by atoms with Crippen LogP contribution in [0.15, 0.2) is 24.3 Å². The van der Waals surface area contributed by atoms with Crippen LogP contribution in [0.2, 0.25) is 5.02 Å². The second-order valence-electron chi connectivity index (χ2n) is 1.51. The fraction of sp³-hybridized carbons (Fsp3) is 0. The minimum absolute atomic E-state index is 0.456. The quantitative estimate of drug-likeness (QED) is 0.509. The molecule has 0 unspecified atom stereocenters. The van der Waals surface area contributed by atoms with Crippen LogP contribution < -0.4 is 5.73 Å². The van der Waals surface area contributed by atoms with Crippen LogP contribution in [0.25, 0.3) is 0 Å². The molecular weight excluding hydrogens is 122 g/mol. The first-order valence-corrected chi connectivity index (χ1v) is 2.64. The monoisotopic (exact) mass is 126 g/mol. The highest BCUT2D eigenvalue weighted by atomic mass is 35.5. The molecule has 0 aliphatic carbocycles. The predicted molar refractivity (Wildman–Crippen MR) is 34.2 cm³/mol. The van der Waals surface area contributed by atoms with E-state index >= 15 is 0 Å². The first-order valence-electron chi connectivity index (χ1n) is 2.26. The molecule has 41 valence electrons. The molecule has 0 heterocycles. The minimum Gasteiger partial charge on any atom is -0.301 e. The fourth-order valence-corrected chi connectivity index (χ4v) is 0.679. The average Bonchev–Trinajstić information content (AvgIpc) is 1.64. The molecule has 1 nitrogen and oxygen atoms in total. The minimum atomic E-state index is 0.456. The van der Waals surface area contributed by atoms with Crippen molar-refractivity contribution in [3.63, 3.8) is 0 Å². The standard InChI is InChI=1S/C6H5ClN/c7-5-2-1-3-6(8)4-5/h1-4,8H. The lowest BCUT2D eigenvalue weighted by atomic mass is 10.3. The predicted octanol–water partition coefficient (Wildman–Crippen LogP) is 2.25. The van der Waals surface area contributed by atoms with Crippen LogP contribution in [0, 0.1) is 0 Å². The Hall–Kier alpha value is -0.690. The highest BCUT2D eigenvalue weighted by molar-refractivity contribution is 6.30. The van der Waals surface area contributed by atoms with Crippen molar-refractivity contribution in [2.75, 3.05) is 0 Å². The molecule has 0 amide bonds. The average molecular weight is 127 g/mol. The third-order valence-corrected chi connectivity index (χ3v) is 1.06. The van der Waals surface area contributed by atoms with E-state index in [1.165, 1.54) is 0 Å². The summed E-state index contributed by atoms with van der Waals surface area (Å²) in [6.45, 7) is 0. The normalized spacial score (nSPS) is 9.12. The molecule has 0 saturated heterocycles. The SMILES string of the molecule is [NH]c1cccc(Cl)c1. The molecule has 1 aromatic carbocycles. The molecule has 0 spiro atoms. The van der Waals surface area contributed by atoms with Gasteiger partial charge >= 0.3 is 0 Å². The van der Waals surface area contributed by atoms with Gasteiger partial charge in [0.05, 0.1) is 5.69 Å². The zero-order valence-corrected chi connectivity index (χ0v) is 4.94. The fourth-order valence-electron chi connectivity index (χ4n) is 0.488. The molecule has 2 heteroatoms. The van der Waals surface area contributed by atoms with Crippen molar-refractivity contribution < 1.29 is 0 Å². The zero-order valence-electron chi connectivity index (χ0n) is 4.19. The van der Waals surface area contributed by atoms with Crippen molar-refractivity contribution in [1.29, 1.82) is 0 Å².